The van der Waals surface area contributed by atoms with Gasteiger partial charge in [0.15, 0.2) is 5.82 Å². The number of hydrogen-bond donors (Lipinski definition) is 2. The number of carbonyl (C=O) groups excluding carboxylic acids is 2. The van der Waals surface area contributed by atoms with Crippen LogP contribution in [-0.2, 0) is 12.1 Å². The lowest BCUT2D eigenvalue weighted by atomic mass is 10.0. The van der Waals surface area contributed by atoms with Gasteiger partial charge in [-0.3, -0.25) is 14.8 Å². The number of piperazine rings is 1. The molecule has 1 fully saturated rings. The minimum absolute atomic E-state index is 0.0180. The topological polar surface area (TPSA) is 97.5 Å². The highest BCUT2D eigenvalue weighted by molar-refractivity contribution is 7.09. The number of rotatable bonds is 2. The molecule has 2 aliphatic rings. The van der Waals surface area contributed by atoms with Gasteiger partial charge in [0.1, 0.15) is 5.69 Å². The second kappa shape index (κ2) is 7.35. The summed E-state index contributed by atoms with van der Waals surface area (Å²) in [5.41, 5.74) is 1.53. The minimum Gasteiger partial charge on any atom is -0.319 e. The second-order valence-corrected chi connectivity index (χ2v) is 9.91. The number of aromatic nitrogens is 3. The number of aryl methyl sites for hydroxylation is 1. The Kier molecular flexibility index (Phi) is 5.09. The Morgan fingerprint density at radius 3 is 2.67 bits per heavy atom. The Morgan fingerprint density at radius 2 is 2.00 bits per heavy atom. The molecule has 2 N–H and O–H groups in total. The summed E-state index contributed by atoms with van der Waals surface area (Å²) in [7, 11) is 2.10. The van der Waals surface area contributed by atoms with E-state index in [1.54, 1.807) is 5.38 Å². The van der Waals surface area contributed by atoms with E-state index in [9.17, 15) is 9.59 Å². The fraction of sp³-hybridized carbons (Fsp3) is 0.600. The molecule has 10 heteroatoms. The first-order valence-corrected chi connectivity index (χ1v) is 11.1. The van der Waals surface area contributed by atoms with E-state index in [0.717, 1.165) is 22.8 Å². The smallest absolute Gasteiger partial charge is 0.319 e. The van der Waals surface area contributed by atoms with Gasteiger partial charge in [0.25, 0.3) is 5.91 Å². The number of carbonyl (C=O) groups is 2. The van der Waals surface area contributed by atoms with Crippen molar-refractivity contribution in [2.75, 3.05) is 25.5 Å². The largest absolute Gasteiger partial charge is 0.321 e. The van der Waals surface area contributed by atoms with Gasteiger partial charge < -0.3 is 15.1 Å². The average molecular weight is 432 g/mol. The summed E-state index contributed by atoms with van der Waals surface area (Å²) in [6.45, 7) is 12.1. The van der Waals surface area contributed by atoms with Gasteiger partial charge in [-0.05, 0) is 41.7 Å². The monoisotopic (exact) mass is 431 g/mol. The Morgan fingerprint density at radius 1 is 1.27 bits per heavy atom. The third-order valence-electron chi connectivity index (χ3n) is 6.33. The summed E-state index contributed by atoms with van der Waals surface area (Å²) >= 11 is 1.43. The van der Waals surface area contributed by atoms with Crippen molar-refractivity contribution in [1.82, 2.24) is 29.9 Å². The first kappa shape index (κ1) is 20.8. The maximum Gasteiger partial charge on any atom is 0.321 e. The third kappa shape index (κ3) is 3.37. The van der Waals surface area contributed by atoms with Crippen LogP contribution in [0.5, 0.6) is 0 Å². The summed E-state index contributed by atoms with van der Waals surface area (Å²) in [5.74, 6) is 0.168. The van der Waals surface area contributed by atoms with Crippen molar-refractivity contribution in [2.45, 2.75) is 58.8 Å². The fourth-order valence-electron chi connectivity index (χ4n) is 4.29. The fourth-order valence-corrected chi connectivity index (χ4v) is 4.88. The molecule has 2 atom stereocenters. The Labute approximate surface area is 180 Å². The zero-order chi connectivity index (χ0) is 21.8. The van der Waals surface area contributed by atoms with Crippen LogP contribution < -0.4 is 5.32 Å². The molecule has 4 heterocycles. The molecule has 0 spiro atoms. The van der Waals surface area contributed by atoms with Crippen LogP contribution in [0, 0.1) is 6.92 Å². The van der Waals surface area contributed by atoms with Gasteiger partial charge in [0.2, 0.25) is 0 Å². The molecule has 0 bridgehead atoms. The summed E-state index contributed by atoms with van der Waals surface area (Å²) < 4.78 is 0. The molecule has 2 aromatic rings. The van der Waals surface area contributed by atoms with E-state index < -0.39 is 5.54 Å². The van der Waals surface area contributed by atoms with Crippen LogP contribution in [0.15, 0.2) is 5.38 Å². The van der Waals surface area contributed by atoms with E-state index in [1.165, 1.54) is 11.3 Å². The molecule has 2 aromatic heterocycles. The van der Waals surface area contributed by atoms with Crippen molar-refractivity contribution < 1.29 is 9.59 Å². The van der Waals surface area contributed by atoms with Crippen molar-refractivity contribution >= 4 is 29.1 Å². The van der Waals surface area contributed by atoms with Crippen LogP contribution in [0.25, 0.3) is 0 Å². The van der Waals surface area contributed by atoms with Crippen molar-refractivity contribution in [3.8, 4) is 0 Å². The molecule has 0 saturated carbocycles. The quantitative estimate of drug-likeness (QED) is 0.762. The van der Waals surface area contributed by atoms with E-state index in [0.29, 0.717) is 30.6 Å². The number of thiazole rings is 1. The molecular weight excluding hydrogens is 402 g/mol. The highest BCUT2D eigenvalue weighted by Crippen LogP contribution is 2.41. The molecule has 9 nitrogen and oxygen atoms in total. The molecule has 4 rings (SSSR count). The maximum atomic E-state index is 13.5. The number of fused-ring (bicyclic) bond motifs is 1. The highest BCUT2D eigenvalue weighted by atomic mass is 32.1. The van der Waals surface area contributed by atoms with Crippen molar-refractivity contribution in [2.24, 2.45) is 0 Å². The van der Waals surface area contributed by atoms with Crippen LogP contribution in [-0.4, -0.2) is 74.0 Å². The zero-order valence-corrected chi connectivity index (χ0v) is 19.1. The van der Waals surface area contributed by atoms with Crippen molar-refractivity contribution in [3.05, 3.63) is 27.3 Å². The predicted octanol–water partition coefficient (Wildman–Crippen LogP) is 2.62. The summed E-state index contributed by atoms with van der Waals surface area (Å²) in [6, 6.07) is 0.467. The third-order valence-corrected chi connectivity index (χ3v) is 7.10. The first-order chi connectivity index (χ1) is 14.1. The van der Waals surface area contributed by atoms with Gasteiger partial charge in [0.05, 0.1) is 22.8 Å². The number of aromatic amines is 1. The number of amides is 3. The number of nitrogens with one attached hydrogen (secondary N) is 2. The lowest BCUT2D eigenvalue weighted by molar-refractivity contribution is 0.0457. The highest BCUT2D eigenvalue weighted by Gasteiger charge is 2.46. The van der Waals surface area contributed by atoms with Gasteiger partial charge in [-0.2, -0.15) is 5.10 Å². The normalized spacial score (nSPS) is 23.5. The number of anilines is 1. The Bertz CT molecular complexity index is 982. The lowest BCUT2D eigenvalue weighted by Crippen LogP contribution is -2.60. The van der Waals surface area contributed by atoms with Gasteiger partial charge >= 0.3 is 6.03 Å². The molecule has 0 radical (unpaired) electrons. The number of urea groups is 1. The first-order valence-electron chi connectivity index (χ1n) is 10.2. The number of likely N-dealkylation sites (N-methyl/N-ethyl adjacent to an activating group) is 1. The Hall–Kier alpha value is -2.46. The van der Waals surface area contributed by atoms with Gasteiger partial charge in [-0.15, -0.1) is 11.3 Å². The molecule has 30 heavy (non-hydrogen) atoms. The molecule has 0 aliphatic carbocycles. The van der Waals surface area contributed by atoms with Gasteiger partial charge in [-0.25, -0.2) is 9.78 Å². The van der Waals surface area contributed by atoms with E-state index in [-0.39, 0.29) is 18.0 Å². The van der Waals surface area contributed by atoms with Crippen LogP contribution in [0.4, 0.5) is 10.6 Å². The predicted molar refractivity (Wildman–Crippen MR) is 116 cm³/mol. The summed E-state index contributed by atoms with van der Waals surface area (Å²) in [5, 5.41) is 12.8. The lowest BCUT2D eigenvalue weighted by Gasteiger charge is -2.45. The number of hydrogen-bond acceptors (Lipinski definition) is 6. The summed E-state index contributed by atoms with van der Waals surface area (Å²) in [4.78, 5) is 36.4. The average Bonchev–Trinajstić information content (AvgIpc) is 3.34. The minimum atomic E-state index is -0.550. The molecule has 3 amide bonds. The molecule has 0 unspecified atom stereocenters. The van der Waals surface area contributed by atoms with Crippen LogP contribution in [0.3, 0.4) is 0 Å². The van der Waals surface area contributed by atoms with Gasteiger partial charge in [0, 0.05) is 36.1 Å². The van der Waals surface area contributed by atoms with Crippen LogP contribution in [0.1, 0.15) is 54.4 Å². The molecule has 1 saturated heterocycles. The van der Waals surface area contributed by atoms with E-state index in [1.807, 2.05) is 30.6 Å². The summed E-state index contributed by atoms with van der Waals surface area (Å²) in [6.07, 6.45) is 0. The van der Waals surface area contributed by atoms with E-state index >= 15 is 0 Å². The SMILES string of the molecule is Cc1nc(C(=O)Nc2n[nH]c3c2CN(C(=O)N2C[C@@H](C)N(C)C[C@@H]2C)C3(C)C)cs1. The number of H-pyrrole nitrogens is 1. The number of nitrogens with zero attached hydrogens (tertiary/aromatic N) is 5. The van der Waals surface area contributed by atoms with Crippen molar-refractivity contribution in [3.63, 3.8) is 0 Å². The zero-order valence-electron chi connectivity index (χ0n) is 18.3. The standard InChI is InChI=1S/C20H29N7O2S/c1-11-8-26(12(2)7-25(11)6)19(29)27-9-14-16(20(27,4)5)23-24-17(14)22-18(28)15-10-30-13(3)21-15/h10-12H,7-9H2,1-6H3,(H2,22,23,24,28)/t11-,12+/m1/s1. The maximum absolute atomic E-state index is 13.5. The van der Waals surface area contributed by atoms with E-state index in [2.05, 4.69) is 46.3 Å². The van der Waals surface area contributed by atoms with Crippen LogP contribution >= 0.6 is 11.3 Å². The molecule has 162 valence electrons. The van der Waals surface area contributed by atoms with Crippen molar-refractivity contribution in [1.29, 1.82) is 0 Å². The Balaban J connectivity index is 1.55. The van der Waals surface area contributed by atoms with Crippen LogP contribution in [0.2, 0.25) is 0 Å². The van der Waals surface area contributed by atoms with Gasteiger partial charge in [-0.1, -0.05) is 0 Å². The molecule has 2 aliphatic heterocycles. The molecular formula is C20H29N7O2S. The molecule has 0 aromatic carbocycles. The second-order valence-electron chi connectivity index (χ2n) is 8.85. The van der Waals surface area contributed by atoms with E-state index in [4.69, 9.17) is 0 Å².